The fourth-order valence-electron chi connectivity index (χ4n) is 3.60. The topological polar surface area (TPSA) is 162 Å². The van der Waals surface area contributed by atoms with Gasteiger partial charge in [0.2, 0.25) is 11.7 Å². The Hall–Kier alpha value is -5.04. The summed E-state index contributed by atoms with van der Waals surface area (Å²) in [6.07, 6.45) is 1.48. The van der Waals surface area contributed by atoms with Gasteiger partial charge >= 0.3 is 5.69 Å². The number of nitrogens with one attached hydrogen (secondary N) is 1. The van der Waals surface area contributed by atoms with Crippen LogP contribution in [0.5, 0.6) is 11.5 Å². The molecular weight excluding hydrogens is 528 g/mol. The molecule has 0 aromatic heterocycles. The highest BCUT2D eigenvalue weighted by atomic mass is 32.2. The molecule has 0 atom stereocenters. The summed E-state index contributed by atoms with van der Waals surface area (Å²) in [6, 6.07) is 14.7. The van der Waals surface area contributed by atoms with Gasteiger partial charge in [-0.2, -0.15) is 0 Å². The maximum Gasteiger partial charge on any atom is 0.318 e. The van der Waals surface area contributed by atoms with Crippen LogP contribution in [0.1, 0.15) is 16.7 Å². The lowest BCUT2D eigenvalue weighted by molar-refractivity contribution is -0.394. The lowest BCUT2D eigenvalue weighted by Crippen LogP contribution is -2.36. The number of amides is 3. The number of anilines is 1. The number of carbonyl (C=O) groups excluding carboxylic acids is 3. The molecule has 3 amide bonds. The van der Waals surface area contributed by atoms with Crippen molar-refractivity contribution in [2.24, 2.45) is 0 Å². The van der Waals surface area contributed by atoms with E-state index < -0.39 is 44.8 Å². The molecule has 0 saturated carbocycles. The zero-order valence-corrected chi connectivity index (χ0v) is 21.4. The zero-order chi connectivity index (χ0) is 28.3. The summed E-state index contributed by atoms with van der Waals surface area (Å²) < 4.78 is 5.53. The van der Waals surface area contributed by atoms with Crippen molar-refractivity contribution in [3.8, 4) is 11.5 Å². The largest absolute Gasteiger partial charge is 0.450 e. The Morgan fingerprint density at radius 1 is 1.00 bits per heavy atom. The standard InChI is InChI=1S/C26H20N4O8S/c1-15-3-4-16(2)20(11-15)27-24(31)14-28-25(32)23(39-26(28)33)12-17-5-8-19(9-6-17)38-22-10-7-18(29(34)35)13-21(22)30(36)37/h3-13H,14H2,1-2H3,(H,27,31)/b23-12+. The maximum absolute atomic E-state index is 12.8. The average molecular weight is 549 g/mol. The van der Waals surface area contributed by atoms with E-state index in [0.717, 1.165) is 34.2 Å². The number of nitro benzene ring substituents is 2. The molecule has 0 radical (unpaired) electrons. The fraction of sp³-hybridized carbons (Fsp3) is 0.115. The van der Waals surface area contributed by atoms with Crippen LogP contribution in [-0.2, 0) is 9.59 Å². The van der Waals surface area contributed by atoms with Gasteiger partial charge in [0.05, 0.1) is 20.8 Å². The Kier molecular flexibility index (Phi) is 7.72. The van der Waals surface area contributed by atoms with Crippen LogP contribution in [0.3, 0.4) is 0 Å². The predicted molar refractivity (Wildman–Crippen MR) is 143 cm³/mol. The molecule has 0 aliphatic carbocycles. The van der Waals surface area contributed by atoms with Crippen LogP contribution in [0.4, 0.5) is 21.9 Å². The molecule has 13 heteroatoms. The van der Waals surface area contributed by atoms with Crippen molar-refractivity contribution in [2.75, 3.05) is 11.9 Å². The number of non-ortho nitro benzene ring substituents is 1. The van der Waals surface area contributed by atoms with Gasteiger partial charge in [-0.3, -0.25) is 39.5 Å². The first-order valence-corrected chi connectivity index (χ1v) is 12.2. The minimum absolute atomic E-state index is 0.124. The van der Waals surface area contributed by atoms with Gasteiger partial charge in [-0.25, -0.2) is 0 Å². The molecule has 1 N–H and O–H groups in total. The van der Waals surface area contributed by atoms with Crippen molar-refractivity contribution >= 4 is 52.0 Å². The Morgan fingerprint density at radius 2 is 1.72 bits per heavy atom. The van der Waals surface area contributed by atoms with E-state index in [2.05, 4.69) is 5.32 Å². The monoisotopic (exact) mass is 548 g/mol. The summed E-state index contributed by atoms with van der Waals surface area (Å²) in [7, 11) is 0. The van der Waals surface area contributed by atoms with Gasteiger partial charge in [0.25, 0.3) is 16.8 Å². The molecule has 1 fully saturated rings. The second kappa shape index (κ2) is 11.1. The molecule has 3 aromatic carbocycles. The molecule has 1 heterocycles. The highest BCUT2D eigenvalue weighted by Crippen LogP contribution is 2.35. The smallest absolute Gasteiger partial charge is 0.318 e. The minimum Gasteiger partial charge on any atom is -0.450 e. The van der Waals surface area contributed by atoms with Crippen molar-refractivity contribution < 1.29 is 29.0 Å². The number of nitrogens with zero attached hydrogens (tertiary/aromatic N) is 3. The second-order valence-corrected chi connectivity index (χ2v) is 9.46. The van der Waals surface area contributed by atoms with E-state index in [1.807, 2.05) is 26.0 Å². The zero-order valence-electron chi connectivity index (χ0n) is 20.6. The number of ether oxygens (including phenoxy) is 1. The first-order chi connectivity index (χ1) is 18.5. The van der Waals surface area contributed by atoms with Crippen LogP contribution < -0.4 is 10.1 Å². The Balaban J connectivity index is 1.44. The number of imide groups is 1. The number of nitro groups is 2. The van der Waals surface area contributed by atoms with Gasteiger partial charge in [0.15, 0.2) is 0 Å². The molecule has 1 aliphatic heterocycles. The van der Waals surface area contributed by atoms with Gasteiger partial charge < -0.3 is 10.1 Å². The number of rotatable bonds is 8. The van der Waals surface area contributed by atoms with Crippen LogP contribution >= 0.6 is 11.8 Å². The predicted octanol–water partition coefficient (Wildman–Crippen LogP) is 5.59. The van der Waals surface area contributed by atoms with Crippen LogP contribution in [0.2, 0.25) is 0 Å². The van der Waals surface area contributed by atoms with Crippen molar-refractivity contribution in [1.29, 1.82) is 0 Å². The van der Waals surface area contributed by atoms with Crippen molar-refractivity contribution in [2.45, 2.75) is 13.8 Å². The average Bonchev–Trinajstić information content (AvgIpc) is 3.14. The fourth-order valence-corrected chi connectivity index (χ4v) is 4.44. The van der Waals surface area contributed by atoms with E-state index in [9.17, 15) is 34.6 Å². The van der Waals surface area contributed by atoms with Gasteiger partial charge in [0, 0.05) is 11.8 Å². The first kappa shape index (κ1) is 27.0. The molecule has 0 bridgehead atoms. The second-order valence-electron chi connectivity index (χ2n) is 8.47. The Morgan fingerprint density at radius 3 is 2.38 bits per heavy atom. The van der Waals surface area contributed by atoms with Gasteiger partial charge in [0.1, 0.15) is 12.3 Å². The van der Waals surface area contributed by atoms with Crippen LogP contribution in [-0.4, -0.2) is 38.3 Å². The number of hydrogen-bond donors (Lipinski definition) is 1. The summed E-state index contributed by atoms with van der Waals surface area (Å²) in [5.74, 6) is -1.09. The minimum atomic E-state index is -0.783. The number of aryl methyl sites for hydroxylation is 2. The van der Waals surface area contributed by atoms with E-state index >= 15 is 0 Å². The van der Waals surface area contributed by atoms with Gasteiger partial charge in [-0.15, -0.1) is 0 Å². The number of carbonyl (C=O) groups is 3. The van der Waals surface area contributed by atoms with Crippen molar-refractivity contribution in [3.05, 3.63) is 102 Å². The van der Waals surface area contributed by atoms with E-state index in [4.69, 9.17) is 4.74 Å². The number of benzene rings is 3. The van der Waals surface area contributed by atoms with E-state index in [1.54, 1.807) is 18.2 Å². The summed E-state index contributed by atoms with van der Waals surface area (Å²) in [4.78, 5) is 59.4. The summed E-state index contributed by atoms with van der Waals surface area (Å²) >= 11 is 0.703. The van der Waals surface area contributed by atoms with E-state index in [1.165, 1.54) is 18.2 Å². The first-order valence-electron chi connectivity index (χ1n) is 11.3. The molecule has 39 heavy (non-hydrogen) atoms. The van der Waals surface area contributed by atoms with Crippen LogP contribution in [0, 0.1) is 34.1 Å². The third-order valence-electron chi connectivity index (χ3n) is 5.60. The van der Waals surface area contributed by atoms with Crippen molar-refractivity contribution in [3.63, 3.8) is 0 Å². The molecule has 198 valence electrons. The van der Waals surface area contributed by atoms with Gasteiger partial charge in [-0.05, 0) is 72.6 Å². The number of hydrogen-bond acceptors (Lipinski definition) is 9. The maximum atomic E-state index is 12.8. The van der Waals surface area contributed by atoms with Gasteiger partial charge in [-0.1, -0.05) is 24.3 Å². The molecule has 1 aliphatic rings. The van der Waals surface area contributed by atoms with Crippen LogP contribution in [0.25, 0.3) is 6.08 Å². The number of thioether (sulfide) groups is 1. The van der Waals surface area contributed by atoms with E-state index in [0.29, 0.717) is 23.0 Å². The van der Waals surface area contributed by atoms with E-state index in [-0.39, 0.29) is 16.4 Å². The lowest BCUT2D eigenvalue weighted by Gasteiger charge is -2.14. The SMILES string of the molecule is Cc1ccc(C)c(NC(=O)CN2C(=O)S/C(=C/c3ccc(Oc4ccc([N+](=O)[O-])cc4[N+](=O)[O-])cc3)C2=O)c1. The van der Waals surface area contributed by atoms with Crippen LogP contribution in [0.15, 0.2) is 65.6 Å². The normalized spacial score (nSPS) is 14.0. The van der Waals surface area contributed by atoms with Crippen molar-refractivity contribution in [1.82, 2.24) is 4.90 Å². The molecule has 0 spiro atoms. The third kappa shape index (κ3) is 6.27. The molecule has 4 rings (SSSR count). The summed E-state index contributed by atoms with van der Waals surface area (Å²) in [5, 5.41) is 24.4. The molecule has 3 aromatic rings. The summed E-state index contributed by atoms with van der Waals surface area (Å²) in [6.45, 7) is 3.28. The highest BCUT2D eigenvalue weighted by Gasteiger charge is 2.36. The quantitative estimate of drug-likeness (QED) is 0.215. The molecular formula is C26H20N4O8S. The molecule has 1 saturated heterocycles. The molecule has 0 unspecified atom stereocenters. The highest BCUT2D eigenvalue weighted by molar-refractivity contribution is 8.18. The third-order valence-corrected chi connectivity index (χ3v) is 6.51. The summed E-state index contributed by atoms with van der Waals surface area (Å²) in [5.41, 5.74) is 1.92. The molecule has 12 nitrogen and oxygen atoms in total. The lowest BCUT2D eigenvalue weighted by atomic mass is 10.1. The Labute approximate surface area is 225 Å². The Bertz CT molecular complexity index is 1550.